The lowest BCUT2D eigenvalue weighted by Gasteiger charge is -2.29. The number of aliphatic hydroxyl groups is 1. The number of nitrogens with one attached hydrogen (secondary N) is 13. The molecule has 2 aromatic heterocycles. The number of aromatic amines is 2. The average Bonchev–Trinajstić information content (AvgIpc) is 1.48. The minimum atomic E-state index is -1.88. The number of fused-ring (bicyclic) bond motifs is 4. The Morgan fingerprint density at radius 1 is 0.555 bits per heavy atom. The van der Waals surface area contributed by atoms with Crippen LogP contribution in [0.2, 0.25) is 0 Å². The molecule has 0 spiro atoms. The van der Waals surface area contributed by atoms with Crippen LogP contribution in [0, 0.1) is 11.8 Å². The van der Waals surface area contributed by atoms with Gasteiger partial charge in [-0.25, -0.2) is 0 Å². The monoisotopic (exact) mass is 1540 g/mol. The summed E-state index contributed by atoms with van der Waals surface area (Å²) in [7, 11) is 0. The molecular weight excluding hydrogens is 1440 g/mol. The lowest BCUT2D eigenvalue weighted by molar-refractivity contribution is -0.143. The van der Waals surface area contributed by atoms with Crippen LogP contribution in [0.3, 0.4) is 0 Å². The highest BCUT2D eigenvalue weighted by Crippen LogP contribution is 2.24. The number of primary amides is 1. The molecule has 33 heteroatoms. The third-order valence-electron chi connectivity index (χ3n) is 19.8. The number of carbonyl (C=O) groups is 14. The van der Waals surface area contributed by atoms with E-state index in [1.165, 1.54) is 0 Å². The standard InChI is InChI=1S/C77H102N16O16S/c1-6-8-22-53-69(101)84-54(25-15-16-29-78)70(102)86-57(34-48-37-81-52-24-14-12-21-50(48)52)74(106)91-65(42(3)4)76(108)90-60(67(79)99)40-110-41-62(95)83-55(32-44-27-28-45-18-9-10-19-46(45)31-44)73(105)92-66(43(5)7-2)77(109)89-59(39-94)68(100)82-38-63(96)93-30-17-26-61(93)75(107)88-58(35-64(97)98)72(104)87-56(71(103)85-53)33-47-36-80-51-23-13-11-20-49(47)51/h9-14,18-21,23-24,27-28,31,36-37,42-43,53-61,65-66,80-81,94H,6-8,15-17,22,25-26,29-30,32-35,38-41,78H2,1-5H3,(H2,79,99)(H,82,100)(H,83,95)(H,84,101)(H,85,103)(H,86,102)(H,87,104)(H,88,107)(H,89,109)(H,90,108)(H,91,106)(H,92,105)(H,97,98)/t43-,53-,54+,55-,56-,57-,58-,59-,60-,61-,65-,66-/m0/s1. The molecule has 19 N–H and O–H groups in total. The predicted octanol–water partition coefficient (Wildman–Crippen LogP) is 0.506. The van der Waals surface area contributed by atoms with E-state index in [-0.39, 0.29) is 70.2 Å². The number of para-hydroxylation sites is 2. The van der Waals surface area contributed by atoms with Crippen molar-refractivity contribution in [2.24, 2.45) is 23.3 Å². The Morgan fingerprint density at radius 2 is 1.07 bits per heavy atom. The Labute approximate surface area is 640 Å². The van der Waals surface area contributed by atoms with Crippen molar-refractivity contribution >= 4 is 127 Å². The number of nitrogens with zero attached hydrogens (tertiary/aromatic N) is 1. The largest absolute Gasteiger partial charge is 0.481 e. The van der Waals surface area contributed by atoms with Gasteiger partial charge in [-0.05, 0) is 96.5 Å². The first-order valence-electron chi connectivity index (χ1n) is 37.3. The van der Waals surface area contributed by atoms with Gasteiger partial charge in [0.05, 0.1) is 25.3 Å². The van der Waals surface area contributed by atoms with Crippen molar-refractivity contribution in [2.75, 3.05) is 37.7 Å². The molecule has 110 heavy (non-hydrogen) atoms. The van der Waals surface area contributed by atoms with Crippen LogP contribution < -0.4 is 70.0 Å². The molecular formula is C77H102N16O16S. The molecule has 0 bridgehead atoms. The molecule has 0 aliphatic carbocycles. The van der Waals surface area contributed by atoms with Crippen molar-refractivity contribution in [1.82, 2.24) is 73.4 Å². The van der Waals surface area contributed by atoms with Gasteiger partial charge in [0.15, 0.2) is 0 Å². The highest BCUT2D eigenvalue weighted by molar-refractivity contribution is 8.00. The summed E-state index contributed by atoms with van der Waals surface area (Å²) in [6, 6.07) is 10.8. The van der Waals surface area contributed by atoms with Crippen molar-refractivity contribution < 1.29 is 77.3 Å². The SMILES string of the molecule is CCCC[C@@H]1NC(=O)[C@H](Cc2c[nH]c3ccccc23)NC(=O)[C@H](CC(=O)O)NC(=O)[C@@H]2CCCN2C(=O)CNC(=O)[C@H](CO)NC(=O)[C@H]([C@@H](C)CC)NC(=O)[C@H](Cc2ccc3ccccc3c2)NC(=O)CSC[C@@H](C(N)=O)NC(=O)[C@H](C(C)C)NC(=O)[C@H](Cc2c[nH]c3ccccc23)NC(=O)[C@@H](CCCCN)NC1=O. The highest BCUT2D eigenvalue weighted by atomic mass is 32.2. The van der Waals surface area contributed by atoms with E-state index in [4.69, 9.17) is 11.5 Å². The van der Waals surface area contributed by atoms with Crippen LogP contribution in [0.5, 0.6) is 0 Å². The third-order valence-corrected chi connectivity index (χ3v) is 20.8. The summed E-state index contributed by atoms with van der Waals surface area (Å²) >= 11 is 0.878. The summed E-state index contributed by atoms with van der Waals surface area (Å²) in [6.45, 7) is 6.88. The zero-order chi connectivity index (χ0) is 79.7. The van der Waals surface area contributed by atoms with Gasteiger partial charge in [0.25, 0.3) is 0 Å². The van der Waals surface area contributed by atoms with E-state index >= 15 is 14.4 Å². The lowest BCUT2D eigenvalue weighted by atomic mass is 9.96. The summed E-state index contributed by atoms with van der Waals surface area (Å²) < 4.78 is 0. The number of aliphatic carboxylic acids is 1. The molecule has 8 rings (SSSR count). The molecule has 4 aromatic carbocycles. The van der Waals surface area contributed by atoms with Crippen LogP contribution in [0.15, 0.2) is 103 Å². The maximum Gasteiger partial charge on any atom is 0.305 e. The number of amides is 13. The number of carboxylic acid groups (broad SMARTS) is 1. The van der Waals surface area contributed by atoms with Gasteiger partial charge in [-0.15, -0.1) is 11.8 Å². The zero-order valence-corrected chi connectivity index (χ0v) is 63.2. The first-order valence-corrected chi connectivity index (χ1v) is 38.4. The minimum Gasteiger partial charge on any atom is -0.481 e. The van der Waals surface area contributed by atoms with Crippen LogP contribution in [0.1, 0.15) is 116 Å². The van der Waals surface area contributed by atoms with Gasteiger partial charge in [-0.1, -0.05) is 133 Å². The maximum absolute atomic E-state index is 15.0. The first-order chi connectivity index (χ1) is 52.7. The second kappa shape index (κ2) is 41.0. The zero-order valence-electron chi connectivity index (χ0n) is 62.4. The quantitative estimate of drug-likeness (QED) is 0.0463. The second-order valence-corrected chi connectivity index (χ2v) is 29.3. The first kappa shape index (κ1) is 84.7. The number of benzene rings is 4. The molecule has 2 aliphatic rings. The number of carbonyl (C=O) groups excluding carboxylic acids is 13. The Kier molecular flexibility index (Phi) is 31.6. The fraction of sp³-hybridized carbons (Fsp3) is 0.481. The Bertz CT molecular complexity index is 4300. The van der Waals surface area contributed by atoms with E-state index in [0.717, 1.165) is 27.4 Å². The topological polar surface area (TPSA) is 499 Å². The smallest absolute Gasteiger partial charge is 0.305 e. The molecule has 0 saturated carbocycles. The molecule has 4 heterocycles. The second-order valence-electron chi connectivity index (χ2n) is 28.3. The number of carboxylic acids is 1. The van der Waals surface area contributed by atoms with Crippen molar-refractivity contribution in [3.8, 4) is 0 Å². The summed E-state index contributed by atoms with van der Waals surface area (Å²) in [5.41, 5.74) is 14.9. The van der Waals surface area contributed by atoms with Crippen molar-refractivity contribution in [3.63, 3.8) is 0 Å². The van der Waals surface area contributed by atoms with Crippen LogP contribution in [-0.4, -0.2) is 212 Å². The number of thioether (sulfide) groups is 1. The Morgan fingerprint density at radius 3 is 1.65 bits per heavy atom. The van der Waals surface area contributed by atoms with Crippen LogP contribution in [-0.2, 0) is 86.4 Å². The van der Waals surface area contributed by atoms with Gasteiger partial charge < -0.3 is 95.0 Å². The molecule has 2 saturated heterocycles. The van der Waals surface area contributed by atoms with Gasteiger partial charge in [-0.3, -0.25) is 67.1 Å². The summed E-state index contributed by atoms with van der Waals surface area (Å²) in [5.74, 6) is -15.3. The molecule has 2 aliphatic heterocycles. The number of H-pyrrole nitrogens is 2. The number of aliphatic hydroxyl groups excluding tert-OH is 1. The molecule has 13 amide bonds. The van der Waals surface area contributed by atoms with E-state index in [1.54, 1.807) is 88.6 Å². The number of hydrogen-bond acceptors (Lipinski definition) is 17. The minimum absolute atomic E-state index is 0.00314. The molecule has 2 fully saturated rings. The van der Waals surface area contributed by atoms with E-state index in [2.05, 4.69) is 68.5 Å². The van der Waals surface area contributed by atoms with E-state index < -0.39 is 186 Å². The van der Waals surface area contributed by atoms with Gasteiger partial charge >= 0.3 is 5.97 Å². The number of rotatable bonds is 20. The van der Waals surface area contributed by atoms with E-state index in [9.17, 15) is 63.0 Å². The Balaban J connectivity index is 1.14. The van der Waals surface area contributed by atoms with Crippen LogP contribution >= 0.6 is 11.8 Å². The fourth-order valence-electron chi connectivity index (χ4n) is 13.3. The number of nitrogens with two attached hydrogens (primary N) is 2. The highest BCUT2D eigenvalue weighted by Gasteiger charge is 2.41. The molecule has 32 nitrogen and oxygen atoms in total. The van der Waals surface area contributed by atoms with E-state index in [0.29, 0.717) is 64.2 Å². The van der Waals surface area contributed by atoms with Gasteiger partial charge in [0.1, 0.15) is 66.5 Å². The third kappa shape index (κ3) is 23.5. The number of hydrogen-bond donors (Lipinski definition) is 17. The normalized spacial score (nSPS) is 24.0. The molecule has 592 valence electrons. The van der Waals surface area contributed by atoms with E-state index in [1.807, 2.05) is 49.4 Å². The average molecular weight is 1540 g/mol. The Hall–Kier alpha value is -10.9. The summed E-state index contributed by atoms with van der Waals surface area (Å²) in [6.07, 6.45) is 3.80. The number of unbranched alkanes of at least 4 members (excludes halogenated alkanes) is 2. The van der Waals surface area contributed by atoms with Gasteiger partial charge in [0.2, 0.25) is 76.8 Å². The fourth-order valence-corrected chi connectivity index (χ4v) is 14.2. The summed E-state index contributed by atoms with van der Waals surface area (Å²) in [5, 5.41) is 52.9. The van der Waals surface area contributed by atoms with Crippen LogP contribution in [0.25, 0.3) is 32.6 Å². The molecule has 0 unspecified atom stereocenters. The number of aromatic nitrogens is 2. The molecule has 6 aromatic rings. The van der Waals surface area contributed by atoms with Crippen LogP contribution in [0.4, 0.5) is 0 Å². The lowest BCUT2D eigenvalue weighted by Crippen LogP contribution is -2.61. The van der Waals surface area contributed by atoms with Crippen molar-refractivity contribution in [3.05, 3.63) is 120 Å². The molecule has 0 radical (unpaired) electrons. The maximum atomic E-state index is 15.0. The predicted molar refractivity (Wildman–Crippen MR) is 411 cm³/mol. The van der Waals surface area contributed by atoms with Gasteiger partial charge in [0, 0.05) is 65.8 Å². The van der Waals surface area contributed by atoms with Gasteiger partial charge in [-0.2, -0.15) is 0 Å². The van der Waals surface area contributed by atoms with Crippen molar-refractivity contribution in [2.45, 2.75) is 185 Å². The molecule has 12 atom stereocenters. The van der Waals surface area contributed by atoms with Crippen molar-refractivity contribution in [1.29, 1.82) is 0 Å². The summed E-state index contributed by atoms with van der Waals surface area (Å²) in [4.78, 5) is 208.